The predicted molar refractivity (Wildman–Crippen MR) is 95.8 cm³/mol. The summed E-state index contributed by atoms with van der Waals surface area (Å²) in [7, 11) is 0. The molecule has 1 N–H and O–H groups in total. The molecule has 1 aromatic rings. The number of carbonyl (C=O) groups excluding carboxylic acids is 1. The minimum Gasteiger partial charge on any atom is -0.355 e. The molecule has 3 nitrogen and oxygen atoms in total. The van der Waals surface area contributed by atoms with Gasteiger partial charge < -0.3 is 10.2 Å². The van der Waals surface area contributed by atoms with Crippen LogP contribution in [0.2, 0.25) is 5.02 Å². The first-order chi connectivity index (χ1) is 10.7. The van der Waals surface area contributed by atoms with Crippen LogP contribution in [0.15, 0.2) is 24.3 Å². The molecule has 0 saturated carbocycles. The summed E-state index contributed by atoms with van der Waals surface area (Å²) in [6.45, 7) is 4.39. The first-order valence-corrected chi connectivity index (χ1v) is 9.34. The van der Waals surface area contributed by atoms with Crippen molar-refractivity contribution in [2.45, 2.75) is 36.9 Å². The van der Waals surface area contributed by atoms with Crippen LogP contribution >= 0.6 is 27.5 Å². The van der Waals surface area contributed by atoms with E-state index in [-0.39, 0.29) is 10.7 Å². The number of amides is 1. The van der Waals surface area contributed by atoms with Crippen molar-refractivity contribution in [1.29, 1.82) is 0 Å². The van der Waals surface area contributed by atoms with E-state index in [9.17, 15) is 4.79 Å². The van der Waals surface area contributed by atoms with E-state index in [1.165, 1.54) is 25.9 Å². The van der Waals surface area contributed by atoms with E-state index in [4.69, 9.17) is 11.6 Å². The molecule has 1 unspecified atom stereocenters. The molecular weight excluding hydrogens is 364 g/mol. The van der Waals surface area contributed by atoms with Crippen LogP contribution in [0.5, 0.6) is 0 Å². The molecule has 0 spiro atoms. The third-order valence-corrected chi connectivity index (χ3v) is 5.15. The van der Waals surface area contributed by atoms with Crippen molar-refractivity contribution in [3.05, 3.63) is 34.9 Å². The van der Waals surface area contributed by atoms with Crippen molar-refractivity contribution in [2.24, 2.45) is 0 Å². The molecule has 1 atom stereocenters. The second-order valence-electron chi connectivity index (χ2n) is 5.81. The number of hydrogen-bond acceptors (Lipinski definition) is 2. The monoisotopic (exact) mass is 386 g/mol. The molecule has 1 fully saturated rings. The third-order valence-electron chi connectivity index (χ3n) is 4.04. The number of alkyl halides is 1. The Kier molecular flexibility index (Phi) is 7.70. The first-order valence-electron chi connectivity index (χ1n) is 8.04. The Morgan fingerprint density at radius 2 is 2.00 bits per heavy atom. The van der Waals surface area contributed by atoms with Crippen LogP contribution in [0.3, 0.4) is 0 Å². The van der Waals surface area contributed by atoms with Gasteiger partial charge in [0, 0.05) is 11.6 Å². The van der Waals surface area contributed by atoms with Gasteiger partial charge in [0.05, 0.1) is 4.83 Å². The van der Waals surface area contributed by atoms with E-state index >= 15 is 0 Å². The fourth-order valence-corrected chi connectivity index (χ4v) is 3.46. The lowest BCUT2D eigenvalue weighted by Crippen LogP contribution is -2.33. The number of benzene rings is 1. The predicted octanol–water partition coefficient (Wildman–Crippen LogP) is 3.64. The van der Waals surface area contributed by atoms with E-state index in [1.807, 2.05) is 24.3 Å². The zero-order valence-electron chi connectivity index (χ0n) is 12.9. The van der Waals surface area contributed by atoms with Crippen LogP contribution < -0.4 is 5.32 Å². The standard InChI is InChI=1S/C17H24BrClN2O/c18-15(13-14-7-1-2-8-16(14)19)17(22)20-9-3-4-10-21-11-5-6-12-21/h1-2,7-8,15H,3-6,9-13H2,(H,20,22). The Bertz CT molecular complexity index is 477. The molecule has 1 aliphatic rings. The lowest BCUT2D eigenvalue weighted by molar-refractivity contribution is -0.120. The van der Waals surface area contributed by atoms with Crippen LogP contribution in [0.1, 0.15) is 31.2 Å². The first kappa shape index (κ1) is 17.8. The van der Waals surface area contributed by atoms with E-state index in [0.717, 1.165) is 31.5 Å². The molecule has 22 heavy (non-hydrogen) atoms. The van der Waals surface area contributed by atoms with Gasteiger partial charge in [-0.25, -0.2) is 0 Å². The van der Waals surface area contributed by atoms with Crippen molar-refractivity contribution in [3.8, 4) is 0 Å². The third kappa shape index (κ3) is 5.90. The van der Waals surface area contributed by atoms with E-state index < -0.39 is 0 Å². The number of nitrogens with one attached hydrogen (secondary N) is 1. The number of nitrogens with zero attached hydrogens (tertiary/aromatic N) is 1. The van der Waals surface area contributed by atoms with Gasteiger partial charge in [-0.05, 0) is 63.4 Å². The van der Waals surface area contributed by atoms with Crippen LogP contribution in [-0.4, -0.2) is 41.8 Å². The van der Waals surface area contributed by atoms with Crippen molar-refractivity contribution in [2.75, 3.05) is 26.2 Å². The maximum absolute atomic E-state index is 12.1. The minimum absolute atomic E-state index is 0.0427. The van der Waals surface area contributed by atoms with Crippen molar-refractivity contribution < 1.29 is 4.79 Å². The Labute approximate surface area is 146 Å². The molecule has 5 heteroatoms. The summed E-state index contributed by atoms with van der Waals surface area (Å²) in [5.74, 6) is 0.0427. The maximum Gasteiger partial charge on any atom is 0.234 e. The maximum atomic E-state index is 12.1. The summed E-state index contributed by atoms with van der Waals surface area (Å²) in [4.78, 5) is 14.3. The van der Waals surface area contributed by atoms with Gasteiger partial charge in [0.15, 0.2) is 0 Å². The van der Waals surface area contributed by atoms with Gasteiger partial charge in [-0.1, -0.05) is 45.7 Å². The van der Waals surface area contributed by atoms with Gasteiger partial charge in [-0.2, -0.15) is 0 Å². The largest absolute Gasteiger partial charge is 0.355 e. The summed E-state index contributed by atoms with van der Waals surface area (Å²) in [5, 5.41) is 3.71. The number of carbonyl (C=O) groups is 1. The highest BCUT2D eigenvalue weighted by atomic mass is 79.9. The molecule has 0 aromatic heterocycles. The molecule has 122 valence electrons. The molecule has 1 aromatic carbocycles. The van der Waals surface area contributed by atoms with Gasteiger partial charge in [-0.3, -0.25) is 4.79 Å². The summed E-state index contributed by atoms with van der Waals surface area (Å²) >= 11 is 9.58. The topological polar surface area (TPSA) is 32.3 Å². The van der Waals surface area contributed by atoms with Crippen molar-refractivity contribution >= 4 is 33.4 Å². The summed E-state index contributed by atoms with van der Waals surface area (Å²) < 4.78 is 0. The van der Waals surface area contributed by atoms with Gasteiger partial charge in [0.25, 0.3) is 0 Å². The highest BCUT2D eigenvalue weighted by molar-refractivity contribution is 9.10. The molecular formula is C17H24BrClN2O. The SMILES string of the molecule is O=C(NCCCCN1CCCC1)C(Br)Cc1ccccc1Cl. The Morgan fingerprint density at radius 1 is 1.27 bits per heavy atom. The molecule has 0 aliphatic carbocycles. The van der Waals surface area contributed by atoms with E-state index in [1.54, 1.807) is 0 Å². The van der Waals surface area contributed by atoms with E-state index in [2.05, 4.69) is 26.1 Å². The Hall–Kier alpha value is -0.580. The molecule has 1 amide bonds. The normalized spacial score (nSPS) is 16.6. The van der Waals surface area contributed by atoms with Crippen LogP contribution in [0, 0.1) is 0 Å². The van der Waals surface area contributed by atoms with Gasteiger partial charge in [0.2, 0.25) is 5.91 Å². The number of likely N-dealkylation sites (tertiary alicyclic amines) is 1. The number of unbranched alkanes of at least 4 members (excludes halogenated alkanes) is 1. The fourth-order valence-electron chi connectivity index (χ4n) is 2.74. The summed E-state index contributed by atoms with van der Waals surface area (Å²) in [6.07, 6.45) is 5.47. The number of halogens is 2. The second kappa shape index (κ2) is 9.53. The zero-order valence-corrected chi connectivity index (χ0v) is 15.2. The summed E-state index contributed by atoms with van der Waals surface area (Å²) in [6, 6.07) is 7.65. The highest BCUT2D eigenvalue weighted by Gasteiger charge is 2.16. The lowest BCUT2D eigenvalue weighted by Gasteiger charge is -2.15. The molecule has 1 heterocycles. The Balaban J connectivity index is 1.61. The van der Waals surface area contributed by atoms with Crippen LogP contribution in [-0.2, 0) is 11.2 Å². The average molecular weight is 388 g/mol. The summed E-state index contributed by atoms with van der Waals surface area (Å²) in [5.41, 5.74) is 0.996. The van der Waals surface area contributed by atoms with Gasteiger partial charge >= 0.3 is 0 Å². The second-order valence-corrected chi connectivity index (χ2v) is 7.32. The zero-order chi connectivity index (χ0) is 15.8. The van der Waals surface area contributed by atoms with Gasteiger partial charge in [-0.15, -0.1) is 0 Å². The Morgan fingerprint density at radius 3 is 2.73 bits per heavy atom. The number of hydrogen-bond donors (Lipinski definition) is 1. The average Bonchev–Trinajstić information content (AvgIpc) is 3.02. The number of rotatable bonds is 8. The quantitative estimate of drug-likeness (QED) is 0.545. The minimum atomic E-state index is -0.231. The lowest BCUT2D eigenvalue weighted by atomic mass is 10.1. The fraction of sp³-hybridized carbons (Fsp3) is 0.588. The van der Waals surface area contributed by atoms with Crippen molar-refractivity contribution in [1.82, 2.24) is 10.2 Å². The molecule has 1 saturated heterocycles. The molecule has 1 aliphatic heterocycles. The molecule has 2 rings (SSSR count). The van der Waals surface area contributed by atoms with E-state index in [0.29, 0.717) is 11.4 Å². The smallest absolute Gasteiger partial charge is 0.234 e. The van der Waals surface area contributed by atoms with Crippen molar-refractivity contribution in [3.63, 3.8) is 0 Å². The van der Waals surface area contributed by atoms with Gasteiger partial charge in [0.1, 0.15) is 0 Å². The molecule has 0 bridgehead atoms. The molecule has 0 radical (unpaired) electrons. The highest BCUT2D eigenvalue weighted by Crippen LogP contribution is 2.19. The van der Waals surface area contributed by atoms with Crippen LogP contribution in [0.4, 0.5) is 0 Å². The van der Waals surface area contributed by atoms with Crippen LogP contribution in [0.25, 0.3) is 0 Å².